The van der Waals surface area contributed by atoms with E-state index in [1.807, 2.05) is 58.9 Å². The molecular formula is C26H34INO3. The summed E-state index contributed by atoms with van der Waals surface area (Å²) in [5.41, 5.74) is 4.55. The lowest BCUT2D eigenvalue weighted by atomic mass is 9.94. The van der Waals surface area contributed by atoms with Gasteiger partial charge in [0, 0.05) is 11.1 Å². The molecular weight excluding hydrogens is 501 g/mol. The third-order valence-electron chi connectivity index (χ3n) is 4.67. The monoisotopic (exact) mass is 535 g/mol. The largest absolute Gasteiger partial charge is 0.457 e. The first-order valence-corrected chi connectivity index (χ1v) is 11.5. The Morgan fingerprint density at radius 3 is 2.39 bits per heavy atom. The van der Waals surface area contributed by atoms with Gasteiger partial charge in [-0.2, -0.15) is 0 Å². The van der Waals surface area contributed by atoms with Crippen LogP contribution in [-0.4, -0.2) is 27.6 Å². The van der Waals surface area contributed by atoms with Crippen LogP contribution in [0.5, 0.6) is 0 Å². The van der Waals surface area contributed by atoms with E-state index in [1.54, 1.807) is 6.92 Å². The lowest BCUT2D eigenvalue weighted by molar-refractivity contribution is -0.150. The summed E-state index contributed by atoms with van der Waals surface area (Å²) in [4.78, 5) is 28.8. The van der Waals surface area contributed by atoms with E-state index in [2.05, 4.69) is 40.7 Å². The Bertz CT molecular complexity index is 917. The van der Waals surface area contributed by atoms with E-state index >= 15 is 0 Å². The van der Waals surface area contributed by atoms with Crippen LogP contribution >= 0.6 is 22.6 Å². The molecule has 0 bridgehead atoms. The number of ketones is 1. The maximum absolute atomic E-state index is 12.1. The van der Waals surface area contributed by atoms with Crippen LogP contribution in [-0.2, 0) is 16.0 Å². The van der Waals surface area contributed by atoms with E-state index in [0.29, 0.717) is 36.9 Å². The molecule has 0 aliphatic carbocycles. The van der Waals surface area contributed by atoms with E-state index < -0.39 is 5.60 Å². The molecule has 0 aliphatic heterocycles. The first-order chi connectivity index (χ1) is 14.4. The van der Waals surface area contributed by atoms with Gasteiger partial charge in [-0.15, -0.1) is 0 Å². The Morgan fingerprint density at radius 1 is 1.19 bits per heavy atom. The molecule has 0 unspecified atom stereocenters. The van der Waals surface area contributed by atoms with E-state index in [-0.39, 0.29) is 11.8 Å². The lowest BCUT2D eigenvalue weighted by Crippen LogP contribution is -2.24. The van der Waals surface area contributed by atoms with Gasteiger partial charge in [0.05, 0.1) is 10.3 Å². The zero-order valence-corrected chi connectivity index (χ0v) is 21.8. The molecule has 4 nitrogen and oxygen atoms in total. The molecule has 0 atom stereocenters. The van der Waals surface area contributed by atoms with Gasteiger partial charge in [0.25, 0.3) is 0 Å². The molecule has 0 aromatic heterocycles. The van der Waals surface area contributed by atoms with Crippen LogP contribution in [0.25, 0.3) is 5.57 Å². The normalized spacial score (nSPS) is 12.5. The zero-order chi connectivity index (χ0) is 23.8. The van der Waals surface area contributed by atoms with Crippen LogP contribution in [0.1, 0.15) is 75.9 Å². The Morgan fingerprint density at radius 2 is 1.84 bits per heavy atom. The number of rotatable bonds is 10. The summed E-state index contributed by atoms with van der Waals surface area (Å²) in [6.45, 7) is 19.6. The number of hydrogen-bond acceptors (Lipinski definition) is 4. The highest BCUT2D eigenvalue weighted by Crippen LogP contribution is 2.22. The summed E-state index contributed by atoms with van der Waals surface area (Å²) in [7, 11) is 0. The number of esters is 1. The molecule has 0 N–H and O–H groups in total. The Labute approximate surface area is 200 Å². The van der Waals surface area contributed by atoms with E-state index in [0.717, 1.165) is 26.0 Å². The molecule has 1 aromatic carbocycles. The number of halogens is 1. The minimum atomic E-state index is -0.539. The molecule has 1 aromatic rings. The van der Waals surface area contributed by atoms with Crippen molar-refractivity contribution in [3.05, 3.63) is 65.3 Å². The van der Waals surface area contributed by atoms with Crippen molar-refractivity contribution in [1.29, 1.82) is 0 Å². The topological polar surface area (TPSA) is 55.7 Å². The van der Waals surface area contributed by atoms with Gasteiger partial charge in [-0.25, -0.2) is 4.79 Å². The van der Waals surface area contributed by atoms with Gasteiger partial charge in [0.2, 0.25) is 0 Å². The van der Waals surface area contributed by atoms with Crippen molar-refractivity contribution in [3.63, 3.8) is 0 Å². The van der Waals surface area contributed by atoms with Crippen molar-refractivity contribution in [3.8, 4) is 0 Å². The van der Waals surface area contributed by atoms with Gasteiger partial charge in [-0.1, -0.05) is 37.4 Å². The van der Waals surface area contributed by atoms with Gasteiger partial charge in [0.1, 0.15) is 5.60 Å². The average molecular weight is 535 g/mol. The molecule has 1 rings (SSSR count). The summed E-state index contributed by atoms with van der Waals surface area (Å²) >= 11 is 2.23. The third kappa shape index (κ3) is 9.33. The van der Waals surface area contributed by atoms with Gasteiger partial charge in [-0.05, 0) is 106 Å². The zero-order valence-electron chi connectivity index (χ0n) is 19.6. The van der Waals surface area contributed by atoms with Crippen molar-refractivity contribution >= 4 is 43.6 Å². The Kier molecular flexibility index (Phi) is 10.6. The number of benzene rings is 1. The number of hydrogen-bond donors (Lipinski definition) is 0. The highest BCUT2D eigenvalue weighted by Gasteiger charge is 2.18. The second-order valence-corrected chi connectivity index (χ2v) is 9.59. The van der Waals surface area contributed by atoms with E-state index in [4.69, 9.17) is 4.74 Å². The van der Waals surface area contributed by atoms with Crippen LogP contribution in [0.15, 0.2) is 53.6 Å². The fourth-order valence-corrected chi connectivity index (χ4v) is 3.29. The van der Waals surface area contributed by atoms with Crippen LogP contribution in [0, 0.1) is 0 Å². The molecule has 0 saturated carbocycles. The van der Waals surface area contributed by atoms with Gasteiger partial charge < -0.3 is 4.74 Å². The molecule has 0 saturated heterocycles. The number of carbonyl (C=O) groups excluding carboxylic acids is 2. The van der Waals surface area contributed by atoms with E-state index in [9.17, 15) is 9.59 Å². The number of allylic oxidation sites excluding steroid dienone is 2. The van der Waals surface area contributed by atoms with Crippen LogP contribution in [0.2, 0.25) is 0 Å². The average Bonchev–Trinajstić information content (AvgIpc) is 2.69. The summed E-state index contributed by atoms with van der Waals surface area (Å²) < 4.78 is 6.33. The number of carbonyl (C=O) groups is 2. The van der Waals surface area contributed by atoms with Crippen molar-refractivity contribution in [2.24, 2.45) is 4.99 Å². The molecule has 31 heavy (non-hydrogen) atoms. The number of Topliss-reactive ketones (excluding diaryl/α,β-unsaturated/α-hetero) is 1. The standard InChI is InChI=1S/C26H34INO3/c1-9-17(2)24(27)28-16-19(4)21-13-14-23(20(5)29)22(15-21)12-10-11-18(3)25(30)31-26(6,7)8/h9,13-15H,3-4,10-12,16H2,1-2,5-8H3/b17-9-,28-24?. The SMILES string of the molecule is C=C(CCCc1cc(C(=C)CN=C(I)/C(C)=C\C)ccc1C(C)=O)C(=O)OC(C)(C)C. The van der Waals surface area contributed by atoms with Crippen LogP contribution in [0.4, 0.5) is 0 Å². The Hall–Kier alpha value is -2.02. The molecule has 0 radical (unpaired) electrons. The summed E-state index contributed by atoms with van der Waals surface area (Å²) in [5, 5.41) is 0. The first-order valence-electron chi connectivity index (χ1n) is 10.4. The smallest absolute Gasteiger partial charge is 0.333 e. The highest BCUT2D eigenvalue weighted by molar-refractivity contribution is 14.1. The molecule has 168 valence electrons. The molecule has 0 heterocycles. The second-order valence-electron chi connectivity index (χ2n) is 8.57. The first kappa shape index (κ1) is 27.0. The molecule has 0 fully saturated rings. The van der Waals surface area contributed by atoms with Crippen molar-refractivity contribution in [2.75, 3.05) is 6.54 Å². The Balaban J connectivity index is 2.90. The van der Waals surface area contributed by atoms with Gasteiger partial charge >= 0.3 is 5.97 Å². The number of aliphatic imine (C=N–C) groups is 1. The third-order valence-corrected chi connectivity index (χ3v) is 5.86. The number of nitrogens with zero attached hydrogens (tertiary/aromatic N) is 1. The van der Waals surface area contributed by atoms with Crippen LogP contribution in [0.3, 0.4) is 0 Å². The minimum absolute atomic E-state index is 0.0226. The fourth-order valence-electron chi connectivity index (χ4n) is 2.81. The summed E-state index contributed by atoms with van der Waals surface area (Å²) in [5.74, 6) is -0.347. The number of ether oxygens (including phenoxy) is 1. The lowest BCUT2D eigenvalue weighted by Gasteiger charge is -2.20. The quantitative estimate of drug-likeness (QED) is 0.107. The van der Waals surface area contributed by atoms with E-state index in [1.165, 1.54) is 0 Å². The summed E-state index contributed by atoms with van der Waals surface area (Å²) in [6.07, 6.45) is 3.91. The van der Waals surface area contributed by atoms with Crippen molar-refractivity contribution in [2.45, 2.75) is 66.4 Å². The minimum Gasteiger partial charge on any atom is -0.457 e. The molecule has 5 heteroatoms. The predicted octanol–water partition coefficient (Wildman–Crippen LogP) is 6.92. The molecule has 0 spiro atoms. The highest BCUT2D eigenvalue weighted by atomic mass is 127. The van der Waals surface area contributed by atoms with Crippen molar-refractivity contribution < 1.29 is 14.3 Å². The fraction of sp³-hybridized carbons (Fsp3) is 0.423. The predicted molar refractivity (Wildman–Crippen MR) is 139 cm³/mol. The summed E-state index contributed by atoms with van der Waals surface area (Å²) in [6, 6.07) is 5.79. The van der Waals surface area contributed by atoms with Gasteiger partial charge in [-0.3, -0.25) is 9.79 Å². The van der Waals surface area contributed by atoms with Crippen molar-refractivity contribution in [1.82, 2.24) is 0 Å². The van der Waals surface area contributed by atoms with Crippen LogP contribution < -0.4 is 0 Å². The maximum atomic E-state index is 12.1. The second kappa shape index (κ2) is 12.1. The molecule has 0 aliphatic rings. The van der Waals surface area contributed by atoms with Gasteiger partial charge in [0.15, 0.2) is 5.78 Å². The molecule has 0 amide bonds. The number of aryl methyl sites for hydroxylation is 1. The maximum Gasteiger partial charge on any atom is 0.333 e.